The van der Waals surface area contributed by atoms with Gasteiger partial charge in [0.1, 0.15) is 0 Å². The molecule has 0 radical (unpaired) electrons. The van der Waals surface area contributed by atoms with Crippen LogP contribution in [0.2, 0.25) is 0 Å². The molecule has 0 heterocycles. The first-order valence-electron chi connectivity index (χ1n) is 5.44. The summed E-state index contributed by atoms with van der Waals surface area (Å²) in [6.45, 7) is 4.48. The van der Waals surface area contributed by atoms with Crippen molar-refractivity contribution in [2.75, 3.05) is 5.73 Å². The summed E-state index contributed by atoms with van der Waals surface area (Å²) >= 11 is 0. The smallest absolute Gasteiger partial charge is 0.0393 e. The van der Waals surface area contributed by atoms with Gasteiger partial charge >= 0.3 is 0 Å². The largest absolute Gasteiger partial charge is 0.398 e. The lowest BCUT2D eigenvalue weighted by Crippen LogP contribution is -1.96. The van der Waals surface area contributed by atoms with Gasteiger partial charge in [-0.2, -0.15) is 0 Å². The van der Waals surface area contributed by atoms with E-state index in [1.807, 2.05) is 12.1 Å². The molecule has 1 heteroatoms. The Balaban J connectivity index is 2.61. The van der Waals surface area contributed by atoms with Crippen molar-refractivity contribution in [2.45, 2.75) is 20.3 Å². The Hall–Kier alpha value is -1.50. The summed E-state index contributed by atoms with van der Waals surface area (Å²) in [6.07, 6.45) is 1.11. The molecular weight excluding hydrogens is 182 g/mol. The molecule has 2 aromatic carbocycles. The molecule has 78 valence electrons. The first kappa shape index (κ1) is 10.0. The van der Waals surface area contributed by atoms with Crippen molar-refractivity contribution in [1.29, 1.82) is 0 Å². The highest BCUT2D eigenvalue weighted by molar-refractivity contribution is 5.94. The van der Waals surface area contributed by atoms with Crippen LogP contribution in [0.3, 0.4) is 0 Å². The summed E-state index contributed by atoms with van der Waals surface area (Å²) < 4.78 is 0. The topological polar surface area (TPSA) is 26.0 Å². The molecule has 0 aliphatic heterocycles. The summed E-state index contributed by atoms with van der Waals surface area (Å²) in [4.78, 5) is 0. The number of hydrogen-bond acceptors (Lipinski definition) is 1. The lowest BCUT2D eigenvalue weighted by atomic mass is 9.96. The predicted molar refractivity (Wildman–Crippen MR) is 66.9 cm³/mol. The lowest BCUT2D eigenvalue weighted by molar-refractivity contribution is 0.650. The monoisotopic (exact) mass is 199 g/mol. The van der Waals surface area contributed by atoms with Gasteiger partial charge in [-0.3, -0.25) is 0 Å². The van der Waals surface area contributed by atoms with Gasteiger partial charge in [0.25, 0.3) is 0 Å². The average Bonchev–Trinajstić information content (AvgIpc) is 2.19. The van der Waals surface area contributed by atoms with Crippen LogP contribution in [0.5, 0.6) is 0 Å². The fraction of sp³-hybridized carbons (Fsp3) is 0.286. The standard InChI is InChI=1S/C14H17N/c1-10(2)9-11-5-3-7-13-12(11)6-4-8-14(13)15/h3-8,10H,9,15H2,1-2H3. The van der Waals surface area contributed by atoms with E-state index in [9.17, 15) is 0 Å². The molecule has 2 aromatic rings. The van der Waals surface area contributed by atoms with E-state index in [-0.39, 0.29) is 0 Å². The molecule has 0 amide bonds. The first-order valence-corrected chi connectivity index (χ1v) is 5.44. The molecule has 0 atom stereocenters. The van der Waals surface area contributed by atoms with Crippen molar-refractivity contribution in [3.8, 4) is 0 Å². The number of hydrogen-bond donors (Lipinski definition) is 1. The molecule has 0 saturated heterocycles. The van der Waals surface area contributed by atoms with Gasteiger partial charge in [-0.05, 0) is 29.4 Å². The van der Waals surface area contributed by atoms with Gasteiger partial charge in [0.05, 0.1) is 0 Å². The number of benzene rings is 2. The number of nitrogens with two attached hydrogens (primary N) is 1. The van der Waals surface area contributed by atoms with Crippen LogP contribution in [-0.4, -0.2) is 0 Å². The molecule has 0 bridgehead atoms. The van der Waals surface area contributed by atoms with Gasteiger partial charge in [-0.1, -0.05) is 44.2 Å². The quantitative estimate of drug-likeness (QED) is 0.734. The number of anilines is 1. The Morgan fingerprint density at radius 2 is 1.67 bits per heavy atom. The Morgan fingerprint density at radius 1 is 1.00 bits per heavy atom. The highest BCUT2D eigenvalue weighted by atomic mass is 14.5. The second-order valence-corrected chi connectivity index (χ2v) is 4.46. The van der Waals surface area contributed by atoms with E-state index in [2.05, 4.69) is 38.1 Å². The molecule has 0 spiro atoms. The number of nitrogen functional groups attached to an aromatic ring is 1. The maximum atomic E-state index is 5.96. The van der Waals surface area contributed by atoms with E-state index in [1.165, 1.54) is 16.3 Å². The second-order valence-electron chi connectivity index (χ2n) is 4.46. The van der Waals surface area contributed by atoms with Crippen LogP contribution in [0.25, 0.3) is 10.8 Å². The minimum Gasteiger partial charge on any atom is -0.398 e. The van der Waals surface area contributed by atoms with Crippen LogP contribution in [0.4, 0.5) is 5.69 Å². The minimum absolute atomic E-state index is 0.678. The highest BCUT2D eigenvalue weighted by Gasteiger charge is 2.04. The Bertz CT molecular complexity index is 472. The number of rotatable bonds is 2. The molecule has 0 saturated carbocycles. The van der Waals surface area contributed by atoms with Gasteiger partial charge in [-0.15, -0.1) is 0 Å². The first-order chi connectivity index (χ1) is 7.18. The average molecular weight is 199 g/mol. The normalized spacial score (nSPS) is 11.1. The minimum atomic E-state index is 0.678. The number of fused-ring (bicyclic) bond motifs is 1. The molecule has 1 nitrogen and oxygen atoms in total. The molecule has 0 fully saturated rings. The van der Waals surface area contributed by atoms with Crippen LogP contribution >= 0.6 is 0 Å². The summed E-state index contributed by atoms with van der Waals surface area (Å²) in [5.41, 5.74) is 8.23. The zero-order valence-corrected chi connectivity index (χ0v) is 9.33. The summed E-state index contributed by atoms with van der Waals surface area (Å²) in [6, 6.07) is 12.5. The predicted octanol–water partition coefficient (Wildman–Crippen LogP) is 3.62. The maximum absolute atomic E-state index is 5.96. The Morgan fingerprint density at radius 3 is 2.40 bits per heavy atom. The van der Waals surface area contributed by atoms with Gasteiger partial charge < -0.3 is 5.73 Å². The van der Waals surface area contributed by atoms with Gasteiger partial charge in [-0.25, -0.2) is 0 Å². The molecule has 0 aliphatic carbocycles. The zero-order valence-electron chi connectivity index (χ0n) is 9.33. The second kappa shape index (κ2) is 3.93. The van der Waals surface area contributed by atoms with Crippen molar-refractivity contribution in [3.05, 3.63) is 42.0 Å². The third kappa shape index (κ3) is 1.96. The van der Waals surface area contributed by atoms with E-state index in [0.29, 0.717) is 5.92 Å². The van der Waals surface area contributed by atoms with Crippen LogP contribution in [0.15, 0.2) is 36.4 Å². The fourth-order valence-electron chi connectivity index (χ4n) is 2.02. The van der Waals surface area contributed by atoms with Crippen molar-refractivity contribution in [1.82, 2.24) is 0 Å². The van der Waals surface area contributed by atoms with E-state index < -0.39 is 0 Å². The van der Waals surface area contributed by atoms with Crippen LogP contribution in [0.1, 0.15) is 19.4 Å². The van der Waals surface area contributed by atoms with Gasteiger partial charge in [0, 0.05) is 11.1 Å². The van der Waals surface area contributed by atoms with E-state index >= 15 is 0 Å². The van der Waals surface area contributed by atoms with Crippen molar-refractivity contribution >= 4 is 16.5 Å². The summed E-state index contributed by atoms with van der Waals surface area (Å²) in [7, 11) is 0. The molecule has 2 rings (SSSR count). The SMILES string of the molecule is CC(C)Cc1cccc2c(N)cccc12. The highest BCUT2D eigenvalue weighted by Crippen LogP contribution is 2.25. The zero-order chi connectivity index (χ0) is 10.8. The van der Waals surface area contributed by atoms with Crippen LogP contribution in [-0.2, 0) is 6.42 Å². The van der Waals surface area contributed by atoms with Crippen LogP contribution < -0.4 is 5.73 Å². The van der Waals surface area contributed by atoms with Crippen molar-refractivity contribution < 1.29 is 0 Å². The third-order valence-corrected chi connectivity index (χ3v) is 2.67. The van der Waals surface area contributed by atoms with E-state index in [4.69, 9.17) is 5.73 Å². The van der Waals surface area contributed by atoms with E-state index in [1.54, 1.807) is 0 Å². The lowest BCUT2D eigenvalue weighted by Gasteiger charge is -2.10. The molecule has 15 heavy (non-hydrogen) atoms. The fourth-order valence-corrected chi connectivity index (χ4v) is 2.02. The summed E-state index contributed by atoms with van der Waals surface area (Å²) in [5.74, 6) is 0.678. The summed E-state index contributed by atoms with van der Waals surface area (Å²) in [5, 5.41) is 2.47. The third-order valence-electron chi connectivity index (χ3n) is 2.67. The molecule has 2 N–H and O–H groups in total. The molecule has 0 unspecified atom stereocenters. The van der Waals surface area contributed by atoms with Gasteiger partial charge in [0.15, 0.2) is 0 Å². The Labute approximate surface area is 90.9 Å². The maximum Gasteiger partial charge on any atom is 0.0393 e. The van der Waals surface area contributed by atoms with Gasteiger partial charge in [0.2, 0.25) is 0 Å². The molecular formula is C14H17N. The van der Waals surface area contributed by atoms with E-state index in [0.717, 1.165) is 12.1 Å². The molecule has 0 aromatic heterocycles. The van der Waals surface area contributed by atoms with Crippen molar-refractivity contribution in [3.63, 3.8) is 0 Å². The Kier molecular flexibility index (Phi) is 2.63. The molecule has 0 aliphatic rings. The van der Waals surface area contributed by atoms with Crippen LogP contribution in [0, 0.1) is 5.92 Å². The van der Waals surface area contributed by atoms with Crippen molar-refractivity contribution in [2.24, 2.45) is 5.92 Å².